The molecule has 2 aromatic carbocycles. The molecule has 0 radical (unpaired) electrons. The molecule has 0 aliphatic rings. The summed E-state index contributed by atoms with van der Waals surface area (Å²) in [6.07, 6.45) is 0. The standard InChI is InChI=1S/C16H17ClFNO/c1-20-15-9-5-8-13(16(15)18)10-19-11-14(17)12-6-3-2-4-7-12/h2-9,14,19H,10-11H2,1H3. The van der Waals surface area contributed by atoms with Gasteiger partial charge < -0.3 is 10.1 Å². The Bertz CT molecular complexity index is 547. The Labute approximate surface area is 123 Å². The van der Waals surface area contributed by atoms with Crippen LogP contribution in [0, 0.1) is 5.82 Å². The number of rotatable bonds is 6. The van der Waals surface area contributed by atoms with Gasteiger partial charge in [0, 0.05) is 18.7 Å². The van der Waals surface area contributed by atoms with E-state index in [0.717, 1.165) is 5.56 Å². The van der Waals surface area contributed by atoms with E-state index in [1.807, 2.05) is 30.3 Å². The van der Waals surface area contributed by atoms with Gasteiger partial charge in [-0.05, 0) is 11.6 Å². The number of halogens is 2. The minimum absolute atomic E-state index is 0.134. The highest BCUT2D eigenvalue weighted by Crippen LogP contribution is 2.21. The van der Waals surface area contributed by atoms with Gasteiger partial charge in [-0.2, -0.15) is 0 Å². The second-order valence-corrected chi connectivity index (χ2v) is 4.97. The highest BCUT2D eigenvalue weighted by molar-refractivity contribution is 6.21. The summed E-state index contributed by atoms with van der Waals surface area (Å²) >= 11 is 6.29. The SMILES string of the molecule is COc1cccc(CNCC(Cl)c2ccccc2)c1F. The lowest BCUT2D eigenvalue weighted by molar-refractivity contribution is 0.383. The average molecular weight is 294 g/mol. The Morgan fingerprint density at radius 3 is 2.60 bits per heavy atom. The van der Waals surface area contributed by atoms with Crippen LogP contribution < -0.4 is 10.1 Å². The molecule has 0 aromatic heterocycles. The number of ether oxygens (including phenoxy) is 1. The fourth-order valence-corrected chi connectivity index (χ4v) is 2.22. The van der Waals surface area contributed by atoms with Crippen LogP contribution in [0.25, 0.3) is 0 Å². The van der Waals surface area contributed by atoms with Gasteiger partial charge in [0.1, 0.15) is 0 Å². The Morgan fingerprint density at radius 2 is 1.90 bits per heavy atom. The van der Waals surface area contributed by atoms with E-state index in [4.69, 9.17) is 16.3 Å². The van der Waals surface area contributed by atoms with Gasteiger partial charge in [0.05, 0.1) is 12.5 Å². The number of benzene rings is 2. The number of hydrogen-bond donors (Lipinski definition) is 1. The monoisotopic (exact) mass is 293 g/mol. The first kappa shape index (κ1) is 14.8. The van der Waals surface area contributed by atoms with E-state index in [-0.39, 0.29) is 16.9 Å². The first-order valence-corrected chi connectivity index (χ1v) is 6.87. The van der Waals surface area contributed by atoms with Crippen molar-refractivity contribution in [3.8, 4) is 5.75 Å². The quantitative estimate of drug-likeness (QED) is 0.816. The largest absolute Gasteiger partial charge is 0.494 e. The molecule has 0 aliphatic heterocycles. The van der Waals surface area contributed by atoms with Gasteiger partial charge in [0.2, 0.25) is 0 Å². The van der Waals surface area contributed by atoms with E-state index in [0.29, 0.717) is 18.7 Å². The number of nitrogens with one attached hydrogen (secondary N) is 1. The van der Waals surface area contributed by atoms with Crippen molar-refractivity contribution >= 4 is 11.6 Å². The molecule has 0 spiro atoms. The zero-order valence-corrected chi connectivity index (χ0v) is 12.0. The Balaban J connectivity index is 1.90. The third-order valence-electron chi connectivity index (χ3n) is 3.06. The molecule has 0 fully saturated rings. The Morgan fingerprint density at radius 1 is 1.15 bits per heavy atom. The highest BCUT2D eigenvalue weighted by Gasteiger charge is 2.10. The minimum atomic E-state index is -0.326. The van der Waals surface area contributed by atoms with Crippen molar-refractivity contribution in [3.05, 3.63) is 65.5 Å². The molecular weight excluding hydrogens is 277 g/mol. The fourth-order valence-electron chi connectivity index (χ4n) is 1.96. The van der Waals surface area contributed by atoms with Crippen LogP contribution in [0.2, 0.25) is 0 Å². The lowest BCUT2D eigenvalue weighted by Gasteiger charge is -2.12. The smallest absolute Gasteiger partial charge is 0.169 e. The average Bonchev–Trinajstić information content (AvgIpc) is 2.49. The Kier molecular flexibility index (Phi) is 5.39. The van der Waals surface area contributed by atoms with Gasteiger partial charge in [-0.1, -0.05) is 42.5 Å². The maximum Gasteiger partial charge on any atom is 0.169 e. The summed E-state index contributed by atoms with van der Waals surface area (Å²) in [5.41, 5.74) is 1.62. The van der Waals surface area contributed by atoms with Crippen molar-refractivity contribution < 1.29 is 9.13 Å². The van der Waals surface area contributed by atoms with E-state index in [1.54, 1.807) is 18.2 Å². The number of hydrogen-bond acceptors (Lipinski definition) is 2. The highest BCUT2D eigenvalue weighted by atomic mass is 35.5. The van der Waals surface area contributed by atoms with Crippen LogP contribution >= 0.6 is 11.6 Å². The normalized spacial score (nSPS) is 12.2. The maximum atomic E-state index is 13.9. The van der Waals surface area contributed by atoms with Crippen LogP contribution in [-0.2, 0) is 6.54 Å². The van der Waals surface area contributed by atoms with Crippen molar-refractivity contribution in [2.24, 2.45) is 0 Å². The third-order valence-corrected chi connectivity index (χ3v) is 3.47. The second kappa shape index (κ2) is 7.27. The van der Waals surface area contributed by atoms with Gasteiger partial charge in [-0.15, -0.1) is 11.6 Å². The Hall–Kier alpha value is -1.58. The first-order valence-electron chi connectivity index (χ1n) is 6.43. The van der Waals surface area contributed by atoms with Crippen molar-refractivity contribution in [2.75, 3.05) is 13.7 Å². The maximum absolute atomic E-state index is 13.9. The second-order valence-electron chi connectivity index (χ2n) is 4.44. The van der Waals surface area contributed by atoms with Gasteiger partial charge in [0.25, 0.3) is 0 Å². The molecule has 0 heterocycles. The van der Waals surface area contributed by atoms with E-state index < -0.39 is 0 Å². The topological polar surface area (TPSA) is 21.3 Å². The summed E-state index contributed by atoms with van der Waals surface area (Å²) in [6.45, 7) is 0.987. The molecule has 106 valence electrons. The fraction of sp³-hybridized carbons (Fsp3) is 0.250. The molecule has 1 N–H and O–H groups in total. The molecule has 1 atom stereocenters. The molecule has 1 unspecified atom stereocenters. The van der Waals surface area contributed by atoms with E-state index in [9.17, 15) is 4.39 Å². The van der Waals surface area contributed by atoms with E-state index >= 15 is 0 Å². The molecule has 2 aromatic rings. The summed E-state index contributed by atoms with van der Waals surface area (Å²) in [5, 5.41) is 3.03. The van der Waals surface area contributed by atoms with Crippen LogP contribution in [-0.4, -0.2) is 13.7 Å². The van der Waals surface area contributed by atoms with Crippen LogP contribution in [0.1, 0.15) is 16.5 Å². The molecule has 0 amide bonds. The molecular formula is C16H17ClFNO. The van der Waals surface area contributed by atoms with Gasteiger partial charge in [-0.3, -0.25) is 0 Å². The third kappa shape index (κ3) is 3.71. The molecule has 4 heteroatoms. The minimum Gasteiger partial charge on any atom is -0.494 e. The molecule has 20 heavy (non-hydrogen) atoms. The predicted octanol–water partition coefficient (Wildman–Crippen LogP) is 3.90. The van der Waals surface area contributed by atoms with Crippen molar-refractivity contribution in [1.29, 1.82) is 0 Å². The number of alkyl halides is 1. The van der Waals surface area contributed by atoms with Gasteiger partial charge >= 0.3 is 0 Å². The summed E-state index contributed by atoms with van der Waals surface area (Å²) in [4.78, 5) is 0. The van der Waals surface area contributed by atoms with Crippen LogP contribution in [0.3, 0.4) is 0 Å². The summed E-state index contributed by atoms with van der Waals surface area (Å²) in [6, 6.07) is 14.9. The van der Waals surface area contributed by atoms with E-state index in [2.05, 4.69) is 5.32 Å². The zero-order chi connectivity index (χ0) is 14.4. The summed E-state index contributed by atoms with van der Waals surface area (Å²) < 4.78 is 18.9. The van der Waals surface area contributed by atoms with Crippen LogP contribution in [0.4, 0.5) is 4.39 Å². The molecule has 0 saturated heterocycles. The number of methoxy groups -OCH3 is 1. The van der Waals surface area contributed by atoms with Crippen LogP contribution in [0.15, 0.2) is 48.5 Å². The van der Waals surface area contributed by atoms with Gasteiger partial charge in [-0.25, -0.2) is 4.39 Å². The van der Waals surface area contributed by atoms with E-state index in [1.165, 1.54) is 7.11 Å². The summed E-state index contributed by atoms with van der Waals surface area (Å²) in [5.74, 6) is -0.0666. The van der Waals surface area contributed by atoms with Gasteiger partial charge in [0.15, 0.2) is 11.6 Å². The first-order chi connectivity index (χ1) is 9.72. The summed E-state index contributed by atoms with van der Waals surface area (Å²) in [7, 11) is 1.46. The predicted molar refractivity (Wildman–Crippen MR) is 79.7 cm³/mol. The van der Waals surface area contributed by atoms with Crippen LogP contribution in [0.5, 0.6) is 5.75 Å². The molecule has 0 bridgehead atoms. The molecule has 0 aliphatic carbocycles. The molecule has 2 rings (SSSR count). The molecule has 2 nitrogen and oxygen atoms in total. The lowest BCUT2D eigenvalue weighted by atomic mass is 10.1. The van der Waals surface area contributed by atoms with Crippen molar-refractivity contribution in [3.63, 3.8) is 0 Å². The molecule has 0 saturated carbocycles. The zero-order valence-electron chi connectivity index (χ0n) is 11.3. The van der Waals surface area contributed by atoms with Crippen molar-refractivity contribution in [1.82, 2.24) is 5.32 Å². The van der Waals surface area contributed by atoms with Crippen molar-refractivity contribution in [2.45, 2.75) is 11.9 Å². The lowest BCUT2D eigenvalue weighted by Crippen LogP contribution is -2.19.